The molecule has 1 aromatic carbocycles. The molecule has 0 spiro atoms. The Morgan fingerprint density at radius 2 is 1.96 bits per heavy atom. The van der Waals surface area contributed by atoms with Gasteiger partial charge >= 0.3 is 0 Å². The largest absolute Gasteiger partial charge is 0.497 e. The maximum Gasteiger partial charge on any atom is 0.193 e. The van der Waals surface area contributed by atoms with Crippen LogP contribution < -0.4 is 15.0 Å². The first-order chi connectivity index (χ1) is 12.9. The number of benzene rings is 1. The third kappa shape index (κ3) is 7.26. The summed E-state index contributed by atoms with van der Waals surface area (Å²) in [5, 5.41) is 3.27. The molecule has 9 heteroatoms. The van der Waals surface area contributed by atoms with Crippen LogP contribution in [0.4, 0.5) is 5.69 Å². The highest BCUT2D eigenvalue weighted by Crippen LogP contribution is 2.22. The van der Waals surface area contributed by atoms with Crippen LogP contribution in [0.25, 0.3) is 0 Å². The smallest absolute Gasteiger partial charge is 0.193 e. The highest BCUT2D eigenvalue weighted by molar-refractivity contribution is 7.90. The molecule has 1 aliphatic heterocycles. The third-order valence-corrected chi connectivity index (χ3v) is 5.25. The number of piperazine rings is 1. The normalized spacial score (nSPS) is 15.7. The number of anilines is 1. The van der Waals surface area contributed by atoms with Gasteiger partial charge in [-0.2, -0.15) is 0 Å². The highest BCUT2D eigenvalue weighted by atomic mass is 32.2. The Hall–Kier alpha value is -2.00. The number of guanidine groups is 1. The third-order valence-electron chi connectivity index (χ3n) is 4.34. The number of sulfone groups is 1. The van der Waals surface area contributed by atoms with Gasteiger partial charge < -0.3 is 24.6 Å². The van der Waals surface area contributed by atoms with Gasteiger partial charge in [-0.05, 0) is 12.1 Å². The molecule has 0 aliphatic carbocycles. The van der Waals surface area contributed by atoms with E-state index in [1.165, 1.54) is 6.26 Å². The van der Waals surface area contributed by atoms with Crippen molar-refractivity contribution in [2.75, 3.05) is 77.0 Å². The molecule has 0 radical (unpaired) electrons. The Morgan fingerprint density at radius 3 is 2.59 bits per heavy atom. The van der Waals surface area contributed by atoms with Crippen LogP contribution in [-0.4, -0.2) is 91.4 Å². The first-order valence-corrected chi connectivity index (χ1v) is 11.1. The molecule has 0 bridgehead atoms. The standard InChI is InChI=1S/C18H30N4O4S/c1-19-18(20-7-12-26-13-14-27(3,23)24)22-10-8-21(9-11-22)16-5-4-6-17(15-16)25-2/h4-6,15H,7-14H2,1-3H3,(H,19,20). The quantitative estimate of drug-likeness (QED) is 0.387. The lowest BCUT2D eigenvalue weighted by Gasteiger charge is -2.37. The molecule has 0 amide bonds. The lowest BCUT2D eigenvalue weighted by Crippen LogP contribution is -2.53. The number of nitrogens with one attached hydrogen (secondary N) is 1. The fourth-order valence-electron chi connectivity index (χ4n) is 2.86. The molecule has 27 heavy (non-hydrogen) atoms. The molecular formula is C18H30N4O4S. The summed E-state index contributed by atoms with van der Waals surface area (Å²) in [7, 11) is 0.471. The molecule has 1 aromatic rings. The lowest BCUT2D eigenvalue weighted by atomic mass is 10.2. The summed E-state index contributed by atoms with van der Waals surface area (Å²) in [5.74, 6) is 1.75. The topological polar surface area (TPSA) is 83.5 Å². The van der Waals surface area contributed by atoms with Crippen molar-refractivity contribution in [3.63, 3.8) is 0 Å². The van der Waals surface area contributed by atoms with Crippen molar-refractivity contribution in [3.05, 3.63) is 24.3 Å². The van der Waals surface area contributed by atoms with E-state index in [2.05, 4.69) is 32.2 Å². The maximum absolute atomic E-state index is 11.1. The number of aliphatic imine (C=N–C) groups is 1. The average molecular weight is 399 g/mol. The minimum Gasteiger partial charge on any atom is -0.497 e. The molecular weight excluding hydrogens is 368 g/mol. The molecule has 1 N–H and O–H groups in total. The summed E-state index contributed by atoms with van der Waals surface area (Å²) in [5.41, 5.74) is 1.16. The van der Waals surface area contributed by atoms with Crippen molar-refractivity contribution in [1.29, 1.82) is 0 Å². The molecule has 1 saturated heterocycles. The Labute approximate surface area is 162 Å². The zero-order valence-corrected chi connectivity index (χ0v) is 17.2. The van der Waals surface area contributed by atoms with Gasteiger partial charge in [-0.25, -0.2) is 8.42 Å². The summed E-state index contributed by atoms with van der Waals surface area (Å²) in [6.07, 6.45) is 1.21. The Morgan fingerprint density at radius 1 is 1.22 bits per heavy atom. The first kappa shape index (κ1) is 21.3. The number of nitrogens with zero attached hydrogens (tertiary/aromatic N) is 3. The second kappa shape index (κ2) is 10.4. The minimum atomic E-state index is -2.97. The van der Waals surface area contributed by atoms with E-state index in [9.17, 15) is 8.42 Å². The van der Waals surface area contributed by atoms with Crippen molar-refractivity contribution in [3.8, 4) is 5.75 Å². The number of hydrogen-bond donors (Lipinski definition) is 1. The van der Waals surface area contributed by atoms with Crippen LogP contribution in [-0.2, 0) is 14.6 Å². The molecule has 0 aromatic heterocycles. The summed E-state index contributed by atoms with van der Waals surface area (Å²) in [6, 6.07) is 8.10. The lowest BCUT2D eigenvalue weighted by molar-refractivity contribution is 0.153. The van der Waals surface area contributed by atoms with E-state index in [-0.39, 0.29) is 12.4 Å². The predicted octanol–water partition coefficient (Wildman–Crippen LogP) is 0.454. The van der Waals surface area contributed by atoms with Gasteiger partial charge in [0.25, 0.3) is 0 Å². The van der Waals surface area contributed by atoms with Gasteiger partial charge in [-0.15, -0.1) is 0 Å². The summed E-state index contributed by atoms with van der Waals surface area (Å²) >= 11 is 0. The Balaban J connectivity index is 1.73. The monoisotopic (exact) mass is 398 g/mol. The second-order valence-electron chi connectivity index (χ2n) is 6.39. The number of rotatable bonds is 8. The zero-order valence-electron chi connectivity index (χ0n) is 16.3. The highest BCUT2D eigenvalue weighted by Gasteiger charge is 2.20. The van der Waals surface area contributed by atoms with Crippen LogP contribution in [0.3, 0.4) is 0 Å². The van der Waals surface area contributed by atoms with E-state index in [1.54, 1.807) is 14.2 Å². The van der Waals surface area contributed by atoms with E-state index < -0.39 is 9.84 Å². The average Bonchev–Trinajstić information content (AvgIpc) is 2.67. The fourth-order valence-corrected chi connectivity index (χ4v) is 3.28. The van der Waals surface area contributed by atoms with Gasteiger partial charge in [0.05, 0.1) is 26.1 Å². The van der Waals surface area contributed by atoms with Crippen LogP contribution >= 0.6 is 0 Å². The van der Waals surface area contributed by atoms with Crippen LogP contribution in [0.1, 0.15) is 0 Å². The molecule has 1 aliphatic rings. The van der Waals surface area contributed by atoms with E-state index in [4.69, 9.17) is 9.47 Å². The van der Waals surface area contributed by atoms with Crippen molar-refractivity contribution < 1.29 is 17.9 Å². The van der Waals surface area contributed by atoms with E-state index in [0.717, 1.165) is 43.6 Å². The zero-order chi connectivity index (χ0) is 19.7. The first-order valence-electron chi connectivity index (χ1n) is 9.03. The fraction of sp³-hybridized carbons (Fsp3) is 0.611. The minimum absolute atomic E-state index is 0.0496. The van der Waals surface area contributed by atoms with Crippen LogP contribution in [0.2, 0.25) is 0 Å². The molecule has 0 unspecified atom stereocenters. The maximum atomic E-state index is 11.1. The van der Waals surface area contributed by atoms with Gasteiger partial charge in [0.2, 0.25) is 0 Å². The predicted molar refractivity (Wildman–Crippen MR) is 109 cm³/mol. The number of methoxy groups -OCH3 is 1. The van der Waals surface area contributed by atoms with Crippen LogP contribution in [0.5, 0.6) is 5.75 Å². The van der Waals surface area contributed by atoms with Crippen LogP contribution in [0, 0.1) is 0 Å². The summed E-state index contributed by atoms with van der Waals surface area (Å²) < 4.78 is 32.8. The molecule has 1 fully saturated rings. The molecule has 8 nitrogen and oxygen atoms in total. The van der Waals surface area contributed by atoms with Gasteiger partial charge in [-0.1, -0.05) is 6.07 Å². The summed E-state index contributed by atoms with van der Waals surface area (Å²) in [6.45, 7) is 4.79. The van der Waals surface area contributed by atoms with Gasteiger partial charge in [0.15, 0.2) is 5.96 Å². The van der Waals surface area contributed by atoms with Crippen LogP contribution in [0.15, 0.2) is 29.3 Å². The molecule has 0 saturated carbocycles. The van der Waals surface area contributed by atoms with E-state index >= 15 is 0 Å². The van der Waals surface area contributed by atoms with Gasteiger partial charge in [-0.3, -0.25) is 4.99 Å². The van der Waals surface area contributed by atoms with Crippen molar-refractivity contribution in [2.45, 2.75) is 0 Å². The van der Waals surface area contributed by atoms with E-state index in [0.29, 0.717) is 13.2 Å². The number of hydrogen-bond acceptors (Lipinski definition) is 6. The Kier molecular flexibility index (Phi) is 8.18. The van der Waals surface area contributed by atoms with E-state index in [1.807, 2.05) is 12.1 Å². The number of ether oxygens (including phenoxy) is 2. The molecule has 2 rings (SSSR count). The van der Waals surface area contributed by atoms with Crippen molar-refractivity contribution in [2.24, 2.45) is 4.99 Å². The van der Waals surface area contributed by atoms with Crippen molar-refractivity contribution >= 4 is 21.5 Å². The van der Waals surface area contributed by atoms with Gasteiger partial charge in [0.1, 0.15) is 15.6 Å². The summed E-state index contributed by atoms with van der Waals surface area (Å²) in [4.78, 5) is 8.88. The SMILES string of the molecule is CN=C(NCCOCCS(C)(=O)=O)N1CCN(c2cccc(OC)c2)CC1. The van der Waals surface area contributed by atoms with Gasteiger partial charge in [0, 0.05) is 57.8 Å². The second-order valence-corrected chi connectivity index (χ2v) is 8.65. The molecule has 152 valence electrons. The van der Waals surface area contributed by atoms with Crippen molar-refractivity contribution in [1.82, 2.24) is 10.2 Å². The molecule has 1 heterocycles. The molecule has 0 atom stereocenters. The Bertz CT molecular complexity index is 716.